The fraction of sp³-hybridized carbons (Fsp3) is 0.417. The zero-order valence-corrected chi connectivity index (χ0v) is 11.4. The smallest absolute Gasteiger partial charge is 0.224 e. The van der Waals surface area contributed by atoms with Crippen molar-refractivity contribution in [2.75, 3.05) is 10.9 Å². The summed E-state index contributed by atoms with van der Waals surface area (Å²) in [5.74, 6) is -0.0702. The van der Waals surface area contributed by atoms with Gasteiger partial charge in [-0.05, 0) is 43.5 Å². The van der Waals surface area contributed by atoms with Crippen molar-refractivity contribution in [2.24, 2.45) is 0 Å². The van der Waals surface area contributed by atoms with E-state index in [0.29, 0.717) is 0 Å². The summed E-state index contributed by atoms with van der Waals surface area (Å²) in [6, 6.07) is 2.05. The quantitative estimate of drug-likeness (QED) is 0.584. The van der Waals surface area contributed by atoms with Crippen LogP contribution >= 0.6 is 23.2 Å². The molecule has 4 heteroatoms. The molecule has 0 bridgehead atoms. The predicted octanol–water partition coefficient (Wildman–Crippen LogP) is 3.81. The van der Waals surface area contributed by atoms with Crippen molar-refractivity contribution in [3.05, 3.63) is 27.8 Å². The van der Waals surface area contributed by atoms with Crippen molar-refractivity contribution in [3.8, 4) is 0 Å². The second-order valence-corrected chi connectivity index (χ2v) is 4.46. The Kier molecular flexibility index (Phi) is 4.22. The highest BCUT2D eigenvalue weighted by Gasteiger charge is 2.16. The molecule has 0 fully saturated rings. The number of hydrogen-bond acceptors (Lipinski definition) is 1. The SMILES string of the molecule is CC(=O)N(CCl)c1cc(C)c(Cl)c(C)c1C. The largest absolute Gasteiger partial charge is 0.298 e. The van der Waals surface area contributed by atoms with E-state index in [1.54, 1.807) is 0 Å². The van der Waals surface area contributed by atoms with Gasteiger partial charge < -0.3 is 0 Å². The highest BCUT2D eigenvalue weighted by Crippen LogP contribution is 2.31. The summed E-state index contributed by atoms with van der Waals surface area (Å²) >= 11 is 11.9. The molecule has 16 heavy (non-hydrogen) atoms. The third-order valence-corrected chi connectivity index (χ3v) is 3.59. The molecule has 0 radical (unpaired) electrons. The lowest BCUT2D eigenvalue weighted by molar-refractivity contribution is -0.116. The van der Waals surface area contributed by atoms with E-state index in [-0.39, 0.29) is 11.9 Å². The van der Waals surface area contributed by atoms with E-state index < -0.39 is 0 Å². The Morgan fingerprint density at radius 2 is 1.88 bits per heavy atom. The van der Waals surface area contributed by atoms with Gasteiger partial charge in [0.15, 0.2) is 0 Å². The van der Waals surface area contributed by atoms with Crippen molar-refractivity contribution < 1.29 is 4.79 Å². The second-order valence-electron chi connectivity index (χ2n) is 3.84. The summed E-state index contributed by atoms with van der Waals surface area (Å²) in [6.45, 7) is 7.31. The molecule has 0 aliphatic carbocycles. The molecular weight excluding hydrogens is 245 g/mol. The van der Waals surface area contributed by atoms with Gasteiger partial charge in [-0.15, -0.1) is 11.6 Å². The number of alkyl halides is 1. The molecule has 0 N–H and O–H groups in total. The molecule has 1 aromatic rings. The van der Waals surface area contributed by atoms with E-state index in [0.717, 1.165) is 27.4 Å². The van der Waals surface area contributed by atoms with Crippen molar-refractivity contribution in [2.45, 2.75) is 27.7 Å². The number of rotatable bonds is 2. The summed E-state index contributed by atoms with van der Waals surface area (Å²) in [6.07, 6.45) is 0. The van der Waals surface area contributed by atoms with Crippen LogP contribution in [0.1, 0.15) is 23.6 Å². The Morgan fingerprint density at radius 1 is 1.31 bits per heavy atom. The number of amides is 1. The van der Waals surface area contributed by atoms with Crippen LogP contribution in [0, 0.1) is 20.8 Å². The molecule has 0 saturated heterocycles. The van der Waals surface area contributed by atoms with Crippen LogP contribution in [0.2, 0.25) is 5.02 Å². The first-order valence-corrected chi connectivity index (χ1v) is 5.91. The molecule has 0 aliphatic heterocycles. The number of anilines is 1. The van der Waals surface area contributed by atoms with E-state index in [2.05, 4.69) is 0 Å². The monoisotopic (exact) mass is 259 g/mol. The predicted molar refractivity (Wildman–Crippen MR) is 69.5 cm³/mol. The van der Waals surface area contributed by atoms with Gasteiger partial charge in [0, 0.05) is 17.6 Å². The average molecular weight is 260 g/mol. The summed E-state index contributed by atoms with van der Waals surface area (Å²) < 4.78 is 0. The molecule has 0 aromatic heterocycles. The van der Waals surface area contributed by atoms with Gasteiger partial charge in [0.05, 0.1) is 0 Å². The number of halogens is 2. The first-order chi connectivity index (χ1) is 7.40. The average Bonchev–Trinajstić information content (AvgIpc) is 2.23. The van der Waals surface area contributed by atoms with E-state index in [4.69, 9.17) is 23.2 Å². The minimum absolute atomic E-state index is 0.0702. The maximum Gasteiger partial charge on any atom is 0.224 e. The highest BCUT2D eigenvalue weighted by molar-refractivity contribution is 6.32. The Hall–Kier alpha value is -0.730. The molecule has 0 atom stereocenters. The van der Waals surface area contributed by atoms with Crippen LogP contribution in [0.25, 0.3) is 0 Å². The lowest BCUT2D eigenvalue weighted by Gasteiger charge is -2.22. The number of nitrogens with zero attached hydrogens (tertiary/aromatic N) is 1. The number of carbonyl (C=O) groups excluding carboxylic acids is 1. The van der Waals surface area contributed by atoms with Gasteiger partial charge in [-0.25, -0.2) is 0 Å². The van der Waals surface area contributed by atoms with Gasteiger partial charge in [0.25, 0.3) is 0 Å². The van der Waals surface area contributed by atoms with Crippen LogP contribution in [0.3, 0.4) is 0 Å². The van der Waals surface area contributed by atoms with E-state index in [1.165, 1.54) is 11.8 Å². The zero-order valence-electron chi connectivity index (χ0n) is 9.90. The van der Waals surface area contributed by atoms with Gasteiger partial charge in [0.2, 0.25) is 5.91 Å². The van der Waals surface area contributed by atoms with Crippen LogP contribution in [-0.2, 0) is 4.79 Å². The molecule has 88 valence electrons. The van der Waals surface area contributed by atoms with Crippen LogP contribution in [0.5, 0.6) is 0 Å². The maximum atomic E-state index is 11.4. The van der Waals surface area contributed by atoms with Crippen LogP contribution in [0.15, 0.2) is 6.07 Å². The van der Waals surface area contributed by atoms with Crippen LogP contribution in [-0.4, -0.2) is 11.9 Å². The van der Waals surface area contributed by atoms with Crippen molar-refractivity contribution in [1.29, 1.82) is 0 Å². The molecular formula is C12H15Cl2NO. The summed E-state index contributed by atoms with van der Waals surface area (Å²) in [7, 11) is 0. The minimum atomic E-state index is -0.0702. The Balaban J connectivity index is 3.39. The number of carbonyl (C=O) groups is 1. The molecule has 0 unspecified atom stereocenters. The third kappa shape index (κ3) is 2.33. The Labute approximate surface area is 106 Å². The number of hydrogen-bond donors (Lipinski definition) is 0. The normalized spacial score (nSPS) is 10.4. The lowest BCUT2D eigenvalue weighted by atomic mass is 10.0. The zero-order chi connectivity index (χ0) is 12.5. The molecule has 1 amide bonds. The first kappa shape index (κ1) is 13.3. The standard InChI is InChI=1S/C12H15Cl2NO/c1-7-5-11(15(6-13)10(4)16)8(2)9(3)12(7)14/h5H,6H2,1-4H3. The molecule has 0 spiro atoms. The summed E-state index contributed by atoms with van der Waals surface area (Å²) in [5.41, 5.74) is 3.78. The van der Waals surface area contributed by atoms with Crippen molar-refractivity contribution >= 4 is 34.8 Å². The minimum Gasteiger partial charge on any atom is -0.298 e. The fourth-order valence-electron chi connectivity index (χ4n) is 1.63. The van der Waals surface area contributed by atoms with Gasteiger partial charge in [-0.3, -0.25) is 9.69 Å². The second kappa shape index (κ2) is 5.07. The van der Waals surface area contributed by atoms with Crippen molar-refractivity contribution in [1.82, 2.24) is 0 Å². The Bertz CT molecular complexity index is 430. The van der Waals surface area contributed by atoms with E-state index >= 15 is 0 Å². The fourth-order valence-corrected chi connectivity index (χ4v) is 2.12. The third-order valence-electron chi connectivity index (χ3n) is 2.77. The first-order valence-electron chi connectivity index (χ1n) is 5.00. The number of benzene rings is 1. The molecule has 0 aliphatic rings. The van der Waals surface area contributed by atoms with Crippen molar-refractivity contribution in [3.63, 3.8) is 0 Å². The topological polar surface area (TPSA) is 20.3 Å². The van der Waals surface area contributed by atoms with Crippen LogP contribution in [0.4, 0.5) is 5.69 Å². The molecule has 2 nitrogen and oxygen atoms in total. The van der Waals surface area contributed by atoms with Gasteiger partial charge in [-0.2, -0.15) is 0 Å². The maximum absolute atomic E-state index is 11.4. The van der Waals surface area contributed by atoms with Crippen LogP contribution < -0.4 is 4.90 Å². The molecule has 1 rings (SSSR count). The van der Waals surface area contributed by atoms with E-state index in [1.807, 2.05) is 26.8 Å². The summed E-state index contributed by atoms with van der Waals surface area (Å²) in [5, 5.41) is 0.749. The Morgan fingerprint density at radius 3 is 2.31 bits per heavy atom. The highest BCUT2D eigenvalue weighted by atomic mass is 35.5. The van der Waals surface area contributed by atoms with E-state index in [9.17, 15) is 4.79 Å². The molecule has 0 heterocycles. The summed E-state index contributed by atoms with van der Waals surface area (Å²) in [4.78, 5) is 13.0. The molecule has 1 aromatic carbocycles. The molecule has 0 saturated carbocycles. The van der Waals surface area contributed by atoms with Gasteiger partial charge >= 0.3 is 0 Å². The van der Waals surface area contributed by atoms with Gasteiger partial charge in [0.1, 0.15) is 6.00 Å². The van der Waals surface area contributed by atoms with Gasteiger partial charge in [-0.1, -0.05) is 11.6 Å². The lowest BCUT2D eigenvalue weighted by Crippen LogP contribution is -2.27. The number of aryl methyl sites for hydroxylation is 1.